The van der Waals surface area contributed by atoms with Gasteiger partial charge in [0.15, 0.2) is 6.61 Å². The van der Waals surface area contributed by atoms with Gasteiger partial charge in [-0.05, 0) is 51.1 Å². The zero-order valence-electron chi connectivity index (χ0n) is 17.2. The standard InChI is InChI=1S/C23H23N3O3S/c1-4-25(18-8-6-5-7-9-18)21(27)13-26-19-12-17(23-15(2)30-16(3)24-23)10-11-20(19)29-14-22(26)28/h5-12H,4,13-14H2,1-3H3. The van der Waals surface area contributed by atoms with Crippen LogP contribution < -0.4 is 14.5 Å². The number of carbonyl (C=O) groups excluding carboxylic acids is 2. The maximum absolute atomic E-state index is 13.1. The SMILES string of the molecule is CCN(C(=O)CN1C(=O)COc2ccc(-c3nc(C)sc3C)cc21)c1ccccc1. The van der Waals surface area contributed by atoms with E-state index in [1.54, 1.807) is 16.2 Å². The number of aryl methyl sites for hydroxylation is 2. The number of fused-ring (bicyclic) bond motifs is 1. The van der Waals surface area contributed by atoms with Crippen LogP contribution in [-0.2, 0) is 9.59 Å². The first-order valence-corrected chi connectivity index (χ1v) is 10.7. The number of nitrogens with zero attached hydrogens (tertiary/aromatic N) is 3. The summed E-state index contributed by atoms with van der Waals surface area (Å²) in [5.74, 6) is 0.220. The molecule has 0 radical (unpaired) electrons. The molecule has 0 unspecified atom stereocenters. The second-order valence-electron chi connectivity index (χ2n) is 7.06. The summed E-state index contributed by atoms with van der Waals surface area (Å²) >= 11 is 1.63. The van der Waals surface area contributed by atoms with Crippen molar-refractivity contribution >= 4 is 34.5 Å². The molecule has 7 heteroatoms. The van der Waals surface area contributed by atoms with E-state index in [0.717, 1.165) is 26.8 Å². The number of anilines is 2. The van der Waals surface area contributed by atoms with Crippen molar-refractivity contribution in [1.29, 1.82) is 0 Å². The van der Waals surface area contributed by atoms with Crippen molar-refractivity contribution in [2.75, 3.05) is 29.5 Å². The summed E-state index contributed by atoms with van der Waals surface area (Å²) in [4.78, 5) is 34.7. The number of likely N-dealkylation sites (N-methyl/N-ethyl adjacent to an activating group) is 1. The number of benzene rings is 2. The van der Waals surface area contributed by atoms with E-state index in [1.165, 1.54) is 4.90 Å². The topological polar surface area (TPSA) is 62.7 Å². The number of carbonyl (C=O) groups is 2. The maximum atomic E-state index is 13.1. The fourth-order valence-electron chi connectivity index (χ4n) is 3.65. The molecular weight excluding hydrogens is 398 g/mol. The van der Waals surface area contributed by atoms with Crippen LogP contribution >= 0.6 is 11.3 Å². The summed E-state index contributed by atoms with van der Waals surface area (Å²) < 4.78 is 5.61. The molecular formula is C23H23N3O3S. The Morgan fingerprint density at radius 3 is 2.63 bits per heavy atom. The quantitative estimate of drug-likeness (QED) is 0.619. The summed E-state index contributed by atoms with van der Waals surface area (Å²) in [5.41, 5.74) is 3.21. The van der Waals surface area contributed by atoms with E-state index in [1.807, 2.05) is 69.3 Å². The summed E-state index contributed by atoms with van der Waals surface area (Å²) in [6, 6.07) is 15.2. The Morgan fingerprint density at radius 1 is 1.20 bits per heavy atom. The Bertz CT molecular complexity index is 1090. The smallest absolute Gasteiger partial charge is 0.265 e. The minimum absolute atomic E-state index is 0.0452. The first-order valence-electron chi connectivity index (χ1n) is 9.85. The lowest BCUT2D eigenvalue weighted by molar-refractivity contribution is -0.124. The maximum Gasteiger partial charge on any atom is 0.265 e. The zero-order chi connectivity index (χ0) is 21.3. The Labute approximate surface area is 179 Å². The molecule has 1 aromatic heterocycles. The highest BCUT2D eigenvalue weighted by Gasteiger charge is 2.29. The van der Waals surface area contributed by atoms with Crippen molar-refractivity contribution in [3.63, 3.8) is 0 Å². The van der Waals surface area contributed by atoms with Gasteiger partial charge in [-0.2, -0.15) is 0 Å². The molecule has 1 aliphatic heterocycles. The Hall–Kier alpha value is -3.19. The van der Waals surface area contributed by atoms with Crippen LogP contribution in [0.25, 0.3) is 11.3 Å². The van der Waals surface area contributed by atoms with Crippen molar-refractivity contribution in [3.8, 4) is 17.0 Å². The molecule has 30 heavy (non-hydrogen) atoms. The summed E-state index contributed by atoms with van der Waals surface area (Å²) in [5, 5.41) is 0.987. The third-order valence-corrected chi connectivity index (χ3v) is 5.94. The molecule has 0 fully saturated rings. The van der Waals surface area contributed by atoms with Crippen LogP contribution in [0, 0.1) is 13.8 Å². The molecule has 0 spiro atoms. The van der Waals surface area contributed by atoms with Crippen LogP contribution in [0.4, 0.5) is 11.4 Å². The van der Waals surface area contributed by atoms with E-state index in [2.05, 4.69) is 4.98 Å². The fourth-order valence-corrected chi connectivity index (χ4v) is 4.49. The molecule has 0 atom stereocenters. The molecule has 0 saturated carbocycles. The molecule has 0 N–H and O–H groups in total. The van der Waals surface area contributed by atoms with Crippen molar-refractivity contribution in [1.82, 2.24) is 4.98 Å². The predicted molar refractivity (Wildman–Crippen MR) is 119 cm³/mol. The van der Waals surface area contributed by atoms with Crippen LogP contribution in [0.5, 0.6) is 5.75 Å². The third-order valence-electron chi connectivity index (χ3n) is 5.06. The van der Waals surface area contributed by atoms with Gasteiger partial charge in [-0.3, -0.25) is 14.5 Å². The van der Waals surface area contributed by atoms with E-state index in [0.29, 0.717) is 18.0 Å². The van der Waals surface area contributed by atoms with E-state index in [-0.39, 0.29) is 25.0 Å². The van der Waals surface area contributed by atoms with Crippen molar-refractivity contribution < 1.29 is 14.3 Å². The molecule has 0 saturated heterocycles. The van der Waals surface area contributed by atoms with Gasteiger partial charge in [-0.25, -0.2) is 4.98 Å². The number of hydrogen-bond donors (Lipinski definition) is 0. The third kappa shape index (κ3) is 3.80. The molecule has 1 aliphatic rings. The van der Waals surface area contributed by atoms with Crippen molar-refractivity contribution in [3.05, 3.63) is 58.4 Å². The zero-order valence-corrected chi connectivity index (χ0v) is 18.0. The van der Waals surface area contributed by atoms with Crippen LogP contribution in [-0.4, -0.2) is 36.5 Å². The van der Waals surface area contributed by atoms with Gasteiger partial charge in [0.05, 0.1) is 16.4 Å². The lowest BCUT2D eigenvalue weighted by Gasteiger charge is -2.31. The number of ether oxygens (including phenoxy) is 1. The fraction of sp³-hybridized carbons (Fsp3) is 0.261. The van der Waals surface area contributed by atoms with E-state index in [9.17, 15) is 9.59 Å². The van der Waals surface area contributed by atoms with Crippen LogP contribution in [0.1, 0.15) is 16.8 Å². The number of amides is 2. The molecule has 4 rings (SSSR count). The Balaban J connectivity index is 1.66. The average molecular weight is 422 g/mol. The molecule has 2 heterocycles. The monoisotopic (exact) mass is 421 g/mol. The number of thiazole rings is 1. The highest BCUT2D eigenvalue weighted by atomic mass is 32.1. The number of rotatable bonds is 5. The highest BCUT2D eigenvalue weighted by Crippen LogP contribution is 2.37. The predicted octanol–water partition coefficient (Wildman–Crippen LogP) is 4.21. The normalized spacial score (nSPS) is 13.0. The minimum Gasteiger partial charge on any atom is -0.482 e. The molecule has 2 amide bonds. The first kappa shape index (κ1) is 20.1. The van der Waals surface area contributed by atoms with E-state index < -0.39 is 0 Å². The second kappa shape index (κ2) is 8.28. The molecule has 0 bridgehead atoms. The largest absolute Gasteiger partial charge is 0.482 e. The summed E-state index contributed by atoms with van der Waals surface area (Å²) in [6.45, 7) is 6.32. The van der Waals surface area contributed by atoms with E-state index in [4.69, 9.17) is 4.74 Å². The number of hydrogen-bond acceptors (Lipinski definition) is 5. The number of aromatic nitrogens is 1. The van der Waals surface area contributed by atoms with Gasteiger partial charge >= 0.3 is 0 Å². The van der Waals surface area contributed by atoms with Gasteiger partial charge in [-0.15, -0.1) is 11.3 Å². The molecule has 2 aromatic carbocycles. The van der Waals surface area contributed by atoms with Gasteiger partial charge in [0.1, 0.15) is 12.3 Å². The van der Waals surface area contributed by atoms with Gasteiger partial charge < -0.3 is 9.64 Å². The molecule has 154 valence electrons. The van der Waals surface area contributed by atoms with Gasteiger partial charge in [0.2, 0.25) is 5.91 Å². The number of para-hydroxylation sites is 1. The lowest BCUT2D eigenvalue weighted by Crippen LogP contribution is -2.46. The lowest BCUT2D eigenvalue weighted by atomic mass is 10.1. The second-order valence-corrected chi connectivity index (χ2v) is 8.47. The Kier molecular flexibility index (Phi) is 5.55. The average Bonchev–Trinajstić information content (AvgIpc) is 3.09. The van der Waals surface area contributed by atoms with Crippen LogP contribution in [0.15, 0.2) is 48.5 Å². The molecule has 6 nitrogen and oxygen atoms in total. The summed E-state index contributed by atoms with van der Waals surface area (Å²) in [6.07, 6.45) is 0. The molecule has 3 aromatic rings. The summed E-state index contributed by atoms with van der Waals surface area (Å²) in [7, 11) is 0. The Morgan fingerprint density at radius 2 is 1.97 bits per heavy atom. The first-order chi connectivity index (χ1) is 14.5. The minimum atomic E-state index is -0.233. The van der Waals surface area contributed by atoms with Crippen molar-refractivity contribution in [2.45, 2.75) is 20.8 Å². The van der Waals surface area contributed by atoms with Crippen molar-refractivity contribution in [2.24, 2.45) is 0 Å². The van der Waals surface area contributed by atoms with Gasteiger partial charge in [-0.1, -0.05) is 18.2 Å². The van der Waals surface area contributed by atoms with Crippen LogP contribution in [0.3, 0.4) is 0 Å². The van der Waals surface area contributed by atoms with Gasteiger partial charge in [0, 0.05) is 22.7 Å². The highest BCUT2D eigenvalue weighted by molar-refractivity contribution is 7.11. The van der Waals surface area contributed by atoms with E-state index >= 15 is 0 Å². The molecule has 0 aliphatic carbocycles. The van der Waals surface area contributed by atoms with Gasteiger partial charge in [0.25, 0.3) is 5.91 Å². The van der Waals surface area contributed by atoms with Crippen LogP contribution in [0.2, 0.25) is 0 Å².